The van der Waals surface area contributed by atoms with Crippen molar-refractivity contribution in [3.63, 3.8) is 0 Å². The third kappa shape index (κ3) is 3.53. The predicted molar refractivity (Wildman–Crippen MR) is 81.3 cm³/mol. The van der Waals surface area contributed by atoms with Gasteiger partial charge >= 0.3 is 0 Å². The summed E-state index contributed by atoms with van der Waals surface area (Å²) in [5, 5.41) is 2.84. The summed E-state index contributed by atoms with van der Waals surface area (Å²) in [5.41, 5.74) is -0.734. The van der Waals surface area contributed by atoms with Crippen molar-refractivity contribution in [1.29, 1.82) is 0 Å². The summed E-state index contributed by atoms with van der Waals surface area (Å²) in [4.78, 5) is 26.6. The minimum absolute atomic E-state index is 0.0331. The Balaban J connectivity index is 2.85. The van der Waals surface area contributed by atoms with Crippen molar-refractivity contribution in [3.8, 4) is 0 Å². The van der Waals surface area contributed by atoms with E-state index < -0.39 is 5.54 Å². The first-order valence-electron chi connectivity index (χ1n) is 8.00. The van der Waals surface area contributed by atoms with E-state index >= 15 is 0 Å². The van der Waals surface area contributed by atoms with E-state index in [1.54, 1.807) is 0 Å². The number of rotatable bonds is 7. The van der Waals surface area contributed by atoms with Crippen molar-refractivity contribution >= 4 is 11.8 Å². The largest absolute Gasteiger partial charge is 0.342 e. The van der Waals surface area contributed by atoms with Gasteiger partial charge in [-0.3, -0.25) is 9.59 Å². The number of piperazine rings is 1. The van der Waals surface area contributed by atoms with Crippen LogP contribution < -0.4 is 5.32 Å². The summed E-state index contributed by atoms with van der Waals surface area (Å²) >= 11 is 0. The minimum atomic E-state index is -0.734. The molecule has 0 aromatic rings. The molecular weight excluding hydrogens is 252 g/mol. The zero-order chi connectivity index (χ0) is 15.3. The zero-order valence-corrected chi connectivity index (χ0v) is 13.7. The fraction of sp³-hybridized carbons (Fsp3) is 0.875. The number of hydrogen-bond donors (Lipinski definition) is 1. The normalized spacial score (nSPS) is 23.6. The SMILES string of the molecule is CCCCC(CC)CN1C(=O)C(CC)NC(=O)C1(C)C. The average molecular weight is 282 g/mol. The molecule has 0 bridgehead atoms. The van der Waals surface area contributed by atoms with E-state index in [0.717, 1.165) is 12.8 Å². The van der Waals surface area contributed by atoms with E-state index in [2.05, 4.69) is 19.2 Å². The molecule has 0 saturated carbocycles. The first kappa shape index (κ1) is 17.0. The van der Waals surface area contributed by atoms with E-state index in [4.69, 9.17) is 0 Å². The molecule has 1 rings (SSSR count). The van der Waals surface area contributed by atoms with Gasteiger partial charge in [-0.25, -0.2) is 0 Å². The molecule has 1 N–H and O–H groups in total. The third-order valence-electron chi connectivity index (χ3n) is 4.49. The summed E-state index contributed by atoms with van der Waals surface area (Å²) < 4.78 is 0. The molecule has 0 aliphatic carbocycles. The molecule has 4 heteroatoms. The Labute approximate surface area is 123 Å². The number of amides is 2. The summed E-state index contributed by atoms with van der Waals surface area (Å²) in [6, 6.07) is -0.348. The van der Waals surface area contributed by atoms with Gasteiger partial charge in [0.05, 0.1) is 0 Å². The van der Waals surface area contributed by atoms with Crippen LogP contribution in [0.15, 0.2) is 0 Å². The second-order valence-electron chi connectivity index (χ2n) is 6.36. The van der Waals surface area contributed by atoms with Gasteiger partial charge in [-0.2, -0.15) is 0 Å². The predicted octanol–water partition coefficient (Wildman–Crippen LogP) is 2.72. The molecule has 4 nitrogen and oxygen atoms in total. The molecular formula is C16H30N2O2. The third-order valence-corrected chi connectivity index (χ3v) is 4.49. The van der Waals surface area contributed by atoms with Gasteiger partial charge in [0.15, 0.2) is 0 Å². The van der Waals surface area contributed by atoms with Crippen molar-refractivity contribution in [2.45, 2.75) is 78.3 Å². The van der Waals surface area contributed by atoms with Crippen LogP contribution in [0.3, 0.4) is 0 Å². The second kappa shape index (κ2) is 7.09. The van der Waals surface area contributed by atoms with Gasteiger partial charge < -0.3 is 10.2 Å². The monoisotopic (exact) mass is 282 g/mol. The van der Waals surface area contributed by atoms with Crippen LogP contribution in [-0.2, 0) is 9.59 Å². The highest BCUT2D eigenvalue weighted by Crippen LogP contribution is 2.25. The van der Waals surface area contributed by atoms with E-state index in [0.29, 0.717) is 18.9 Å². The fourth-order valence-corrected chi connectivity index (χ4v) is 2.75. The molecule has 0 spiro atoms. The lowest BCUT2D eigenvalue weighted by atomic mass is 9.91. The van der Waals surface area contributed by atoms with Crippen LogP contribution in [0.4, 0.5) is 0 Å². The number of hydrogen-bond acceptors (Lipinski definition) is 2. The lowest BCUT2D eigenvalue weighted by Crippen LogP contribution is -2.68. The first-order valence-corrected chi connectivity index (χ1v) is 8.00. The van der Waals surface area contributed by atoms with E-state index in [-0.39, 0.29) is 17.9 Å². The van der Waals surface area contributed by atoms with Crippen LogP contribution in [0, 0.1) is 5.92 Å². The Kier molecular flexibility index (Phi) is 6.03. The topological polar surface area (TPSA) is 49.4 Å². The van der Waals surface area contributed by atoms with Crippen LogP contribution in [0.25, 0.3) is 0 Å². The lowest BCUT2D eigenvalue weighted by molar-refractivity contribution is -0.156. The van der Waals surface area contributed by atoms with Crippen LogP contribution in [0.5, 0.6) is 0 Å². The quantitative estimate of drug-likeness (QED) is 0.780. The summed E-state index contributed by atoms with van der Waals surface area (Å²) in [6.07, 6.45) is 5.20. The van der Waals surface area contributed by atoms with Crippen molar-refractivity contribution in [2.75, 3.05) is 6.54 Å². The standard InChI is InChI=1S/C16H30N2O2/c1-6-9-10-12(7-2)11-18-14(19)13(8-3)17-15(20)16(18,4)5/h12-13H,6-11H2,1-5H3,(H,17,20). The lowest BCUT2D eigenvalue weighted by Gasteiger charge is -2.45. The van der Waals surface area contributed by atoms with Gasteiger partial charge in [0.2, 0.25) is 11.8 Å². The average Bonchev–Trinajstić information content (AvgIpc) is 2.42. The van der Waals surface area contributed by atoms with E-state index in [1.165, 1.54) is 12.8 Å². The van der Waals surface area contributed by atoms with Crippen LogP contribution in [-0.4, -0.2) is 34.8 Å². The fourth-order valence-electron chi connectivity index (χ4n) is 2.75. The van der Waals surface area contributed by atoms with Crippen LogP contribution >= 0.6 is 0 Å². The molecule has 2 unspecified atom stereocenters. The number of carbonyl (C=O) groups excluding carboxylic acids is 2. The smallest absolute Gasteiger partial charge is 0.246 e. The molecule has 20 heavy (non-hydrogen) atoms. The number of unbranched alkanes of at least 4 members (excludes halogenated alkanes) is 1. The highest BCUT2D eigenvalue weighted by Gasteiger charge is 2.45. The summed E-state index contributed by atoms with van der Waals surface area (Å²) in [7, 11) is 0. The Morgan fingerprint density at radius 2 is 1.90 bits per heavy atom. The molecule has 1 aliphatic rings. The molecule has 1 saturated heterocycles. The van der Waals surface area contributed by atoms with E-state index in [9.17, 15) is 9.59 Å². The Morgan fingerprint density at radius 3 is 2.40 bits per heavy atom. The Bertz CT molecular complexity index is 352. The van der Waals surface area contributed by atoms with Crippen molar-refractivity contribution in [2.24, 2.45) is 5.92 Å². The maximum atomic E-state index is 12.6. The first-order chi connectivity index (χ1) is 9.38. The number of carbonyl (C=O) groups is 2. The number of nitrogens with zero attached hydrogens (tertiary/aromatic N) is 1. The molecule has 1 aliphatic heterocycles. The van der Waals surface area contributed by atoms with Gasteiger partial charge in [-0.05, 0) is 32.6 Å². The Hall–Kier alpha value is -1.06. The van der Waals surface area contributed by atoms with Crippen molar-refractivity contribution in [3.05, 3.63) is 0 Å². The van der Waals surface area contributed by atoms with Crippen molar-refractivity contribution in [1.82, 2.24) is 10.2 Å². The van der Waals surface area contributed by atoms with Crippen molar-refractivity contribution < 1.29 is 9.59 Å². The van der Waals surface area contributed by atoms with Crippen LogP contribution in [0.1, 0.15) is 66.7 Å². The molecule has 2 amide bonds. The molecule has 2 atom stereocenters. The van der Waals surface area contributed by atoms with Gasteiger partial charge in [0.1, 0.15) is 11.6 Å². The highest BCUT2D eigenvalue weighted by atomic mass is 16.2. The highest BCUT2D eigenvalue weighted by molar-refractivity contribution is 5.99. The summed E-state index contributed by atoms with van der Waals surface area (Å²) in [5.74, 6) is 0.530. The molecule has 0 radical (unpaired) electrons. The number of nitrogens with one attached hydrogen (secondary N) is 1. The Morgan fingerprint density at radius 1 is 1.25 bits per heavy atom. The van der Waals surface area contributed by atoms with Gasteiger partial charge in [0, 0.05) is 6.54 Å². The molecule has 0 aromatic heterocycles. The van der Waals surface area contributed by atoms with Gasteiger partial charge in [-0.15, -0.1) is 0 Å². The molecule has 116 valence electrons. The van der Waals surface area contributed by atoms with E-state index in [1.807, 2.05) is 25.7 Å². The van der Waals surface area contributed by atoms with Crippen LogP contribution in [0.2, 0.25) is 0 Å². The molecule has 0 aromatic carbocycles. The molecule has 1 fully saturated rings. The maximum absolute atomic E-state index is 12.6. The minimum Gasteiger partial charge on any atom is -0.342 e. The van der Waals surface area contributed by atoms with Gasteiger partial charge in [0.25, 0.3) is 0 Å². The molecule has 1 heterocycles. The zero-order valence-electron chi connectivity index (χ0n) is 13.7. The van der Waals surface area contributed by atoms with Gasteiger partial charge in [-0.1, -0.05) is 40.0 Å². The second-order valence-corrected chi connectivity index (χ2v) is 6.36. The summed E-state index contributed by atoms with van der Waals surface area (Å²) in [6.45, 7) is 10.7. The maximum Gasteiger partial charge on any atom is 0.246 e.